The molecule has 2 rings (SSSR count). The van der Waals surface area contributed by atoms with Crippen LogP contribution in [0.25, 0.3) is 0 Å². The lowest BCUT2D eigenvalue weighted by Crippen LogP contribution is -2.19. The molecule has 0 radical (unpaired) electrons. The number of hydrazine groups is 1. The van der Waals surface area contributed by atoms with Gasteiger partial charge in [0.1, 0.15) is 10.7 Å². The molecule has 0 saturated carbocycles. The van der Waals surface area contributed by atoms with Crippen molar-refractivity contribution in [3.05, 3.63) is 46.3 Å². The van der Waals surface area contributed by atoms with Crippen LogP contribution in [-0.4, -0.2) is 13.4 Å². The number of anilines is 2. The largest absolute Gasteiger partial charge is 0.307 e. The Labute approximate surface area is 129 Å². The van der Waals surface area contributed by atoms with Crippen molar-refractivity contribution in [1.82, 2.24) is 4.98 Å². The van der Waals surface area contributed by atoms with E-state index < -0.39 is 15.8 Å². The van der Waals surface area contributed by atoms with E-state index in [1.807, 2.05) is 0 Å². The fraction of sp³-hybridized carbons (Fsp3) is 0.0833. The van der Waals surface area contributed by atoms with Gasteiger partial charge in [-0.25, -0.2) is 23.6 Å². The molecule has 0 unspecified atom stereocenters. The van der Waals surface area contributed by atoms with Crippen molar-refractivity contribution in [2.24, 2.45) is 5.84 Å². The number of nitrogens with zero attached hydrogens (tertiary/aromatic N) is 1. The lowest BCUT2D eigenvalue weighted by molar-refractivity contribution is 0.601. The van der Waals surface area contributed by atoms with Crippen LogP contribution in [0.1, 0.15) is 5.56 Å². The van der Waals surface area contributed by atoms with E-state index in [1.54, 1.807) is 6.92 Å². The molecule has 0 saturated heterocycles. The zero-order chi connectivity index (χ0) is 15.6. The van der Waals surface area contributed by atoms with Gasteiger partial charge in [-0.1, -0.05) is 6.07 Å². The molecule has 4 N–H and O–H groups in total. The van der Waals surface area contributed by atoms with E-state index in [1.165, 1.54) is 24.4 Å². The number of sulfonamides is 1. The van der Waals surface area contributed by atoms with Crippen molar-refractivity contribution in [3.63, 3.8) is 0 Å². The van der Waals surface area contributed by atoms with Gasteiger partial charge < -0.3 is 5.43 Å². The summed E-state index contributed by atoms with van der Waals surface area (Å²) < 4.78 is 40.9. The molecular formula is C12H12BrFN4O2S. The second kappa shape index (κ2) is 5.96. The number of hydrogen-bond donors (Lipinski definition) is 3. The summed E-state index contributed by atoms with van der Waals surface area (Å²) in [4.78, 5) is 3.72. The van der Waals surface area contributed by atoms with Gasteiger partial charge in [-0.2, -0.15) is 0 Å². The quantitative estimate of drug-likeness (QED) is 0.563. The minimum atomic E-state index is -3.97. The van der Waals surface area contributed by atoms with Gasteiger partial charge in [0.2, 0.25) is 0 Å². The molecule has 6 nitrogen and oxygen atoms in total. The number of benzene rings is 1. The molecule has 0 spiro atoms. The van der Waals surface area contributed by atoms with Crippen LogP contribution in [0.4, 0.5) is 15.9 Å². The number of nitrogens with one attached hydrogen (secondary N) is 2. The smallest absolute Gasteiger partial charge is 0.265 e. The Morgan fingerprint density at radius 1 is 1.33 bits per heavy atom. The fourth-order valence-electron chi connectivity index (χ4n) is 1.64. The van der Waals surface area contributed by atoms with E-state index in [-0.39, 0.29) is 16.4 Å². The van der Waals surface area contributed by atoms with Gasteiger partial charge in [0.15, 0.2) is 5.82 Å². The molecular weight excluding hydrogens is 363 g/mol. The number of aromatic nitrogens is 1. The van der Waals surface area contributed by atoms with E-state index in [4.69, 9.17) is 5.84 Å². The van der Waals surface area contributed by atoms with Crippen LogP contribution in [0, 0.1) is 12.7 Å². The lowest BCUT2D eigenvalue weighted by atomic mass is 10.2. The highest BCUT2D eigenvalue weighted by Gasteiger charge is 2.21. The van der Waals surface area contributed by atoms with Crippen LogP contribution in [0.15, 0.2) is 39.8 Å². The van der Waals surface area contributed by atoms with Gasteiger partial charge in [-0.3, -0.25) is 4.72 Å². The molecule has 0 fully saturated rings. The molecule has 21 heavy (non-hydrogen) atoms. The first-order chi connectivity index (χ1) is 9.83. The summed E-state index contributed by atoms with van der Waals surface area (Å²) in [6.07, 6.45) is 1.40. The summed E-state index contributed by atoms with van der Waals surface area (Å²) >= 11 is 3.15. The van der Waals surface area contributed by atoms with Crippen molar-refractivity contribution in [2.45, 2.75) is 11.8 Å². The summed E-state index contributed by atoms with van der Waals surface area (Å²) in [5, 5.41) is 0. The van der Waals surface area contributed by atoms with E-state index in [2.05, 4.69) is 31.1 Å². The molecule has 0 aliphatic rings. The lowest BCUT2D eigenvalue weighted by Gasteiger charge is -2.13. The van der Waals surface area contributed by atoms with E-state index >= 15 is 0 Å². The molecule has 0 bridgehead atoms. The zero-order valence-corrected chi connectivity index (χ0v) is 13.3. The predicted octanol–water partition coefficient (Wildman–Crippen LogP) is 2.38. The van der Waals surface area contributed by atoms with Crippen molar-refractivity contribution in [2.75, 3.05) is 10.1 Å². The van der Waals surface area contributed by atoms with Crippen molar-refractivity contribution in [1.29, 1.82) is 0 Å². The number of aryl methyl sites for hydroxylation is 1. The van der Waals surface area contributed by atoms with Crippen LogP contribution < -0.4 is 16.0 Å². The zero-order valence-electron chi connectivity index (χ0n) is 10.9. The second-order valence-electron chi connectivity index (χ2n) is 4.21. The fourth-order valence-corrected chi connectivity index (χ4v) is 3.39. The Bertz CT molecular complexity index is 783. The van der Waals surface area contributed by atoms with Crippen LogP contribution in [-0.2, 0) is 10.0 Å². The van der Waals surface area contributed by atoms with Crippen molar-refractivity contribution < 1.29 is 12.8 Å². The molecule has 0 aliphatic heterocycles. The highest BCUT2D eigenvalue weighted by Crippen LogP contribution is 2.26. The van der Waals surface area contributed by atoms with Crippen LogP contribution in [0.5, 0.6) is 0 Å². The summed E-state index contributed by atoms with van der Waals surface area (Å²) in [6, 6.07) is 5.18. The van der Waals surface area contributed by atoms with Crippen LogP contribution in [0.3, 0.4) is 0 Å². The molecule has 2 aromatic rings. The number of hydrogen-bond acceptors (Lipinski definition) is 5. The number of rotatable bonds is 4. The van der Waals surface area contributed by atoms with E-state index in [0.717, 1.165) is 6.07 Å². The highest BCUT2D eigenvalue weighted by atomic mass is 79.9. The number of nitrogen functional groups attached to an aromatic ring is 1. The van der Waals surface area contributed by atoms with Crippen molar-refractivity contribution >= 4 is 37.5 Å². The van der Waals surface area contributed by atoms with Crippen LogP contribution in [0.2, 0.25) is 0 Å². The maximum atomic E-state index is 13.2. The highest BCUT2D eigenvalue weighted by molar-refractivity contribution is 9.10. The van der Waals surface area contributed by atoms with E-state index in [0.29, 0.717) is 10.0 Å². The summed E-state index contributed by atoms with van der Waals surface area (Å²) in [5.74, 6) is 4.71. The number of nitrogens with two attached hydrogens (primary N) is 1. The molecule has 112 valence electrons. The van der Waals surface area contributed by atoms with Gasteiger partial charge >= 0.3 is 0 Å². The Hall–Kier alpha value is -1.71. The summed E-state index contributed by atoms with van der Waals surface area (Å²) in [5.41, 5.74) is 2.95. The minimum Gasteiger partial charge on any atom is -0.307 e. The Morgan fingerprint density at radius 2 is 2.05 bits per heavy atom. The normalized spacial score (nSPS) is 11.2. The third-order valence-electron chi connectivity index (χ3n) is 2.69. The molecule has 1 aromatic carbocycles. The van der Waals surface area contributed by atoms with Gasteiger partial charge in [-0.15, -0.1) is 0 Å². The molecule has 1 aromatic heterocycles. The average Bonchev–Trinajstić information content (AvgIpc) is 2.42. The minimum absolute atomic E-state index is 0.0141. The molecule has 0 amide bonds. The Morgan fingerprint density at radius 3 is 2.71 bits per heavy atom. The van der Waals surface area contributed by atoms with Gasteiger partial charge in [0.05, 0.1) is 5.69 Å². The standard InChI is InChI=1S/C12H12BrFN4O2S/c1-7-2-3-9(14)5-10(7)18-21(19,20)11-4-8(13)6-16-12(11)17-15/h2-6,18H,15H2,1H3,(H,16,17). The molecule has 0 aliphatic carbocycles. The topological polar surface area (TPSA) is 97.1 Å². The Balaban J connectivity index is 2.48. The SMILES string of the molecule is Cc1ccc(F)cc1NS(=O)(=O)c1cc(Br)cnc1NN. The maximum absolute atomic E-state index is 13.2. The first kappa shape index (κ1) is 15.7. The van der Waals surface area contributed by atoms with E-state index in [9.17, 15) is 12.8 Å². The number of pyridine rings is 1. The average molecular weight is 375 g/mol. The first-order valence-corrected chi connectivity index (χ1v) is 8.02. The monoisotopic (exact) mass is 374 g/mol. The number of halogens is 2. The third-order valence-corrected chi connectivity index (χ3v) is 4.50. The summed E-state index contributed by atoms with van der Waals surface area (Å²) in [6.45, 7) is 1.67. The molecule has 0 atom stereocenters. The Kier molecular flexibility index (Phi) is 4.45. The predicted molar refractivity (Wildman–Crippen MR) is 81.7 cm³/mol. The van der Waals surface area contributed by atoms with Gasteiger partial charge in [-0.05, 0) is 46.6 Å². The maximum Gasteiger partial charge on any atom is 0.265 e. The van der Waals surface area contributed by atoms with Gasteiger partial charge in [0.25, 0.3) is 10.0 Å². The summed E-state index contributed by atoms with van der Waals surface area (Å²) in [7, 11) is -3.97. The van der Waals surface area contributed by atoms with Crippen molar-refractivity contribution in [3.8, 4) is 0 Å². The molecule has 1 heterocycles. The third kappa shape index (κ3) is 3.49. The van der Waals surface area contributed by atoms with Gasteiger partial charge in [0, 0.05) is 10.7 Å². The van der Waals surface area contributed by atoms with Crippen LogP contribution >= 0.6 is 15.9 Å². The molecule has 9 heteroatoms. The second-order valence-corrected chi connectivity index (χ2v) is 6.78. The first-order valence-electron chi connectivity index (χ1n) is 5.74.